The summed E-state index contributed by atoms with van der Waals surface area (Å²) >= 11 is 11.9. The third-order valence-corrected chi connectivity index (χ3v) is 3.77. The number of nitrogens with zero attached hydrogens (tertiary/aromatic N) is 2. The number of nitrogens with one attached hydrogen (secondary N) is 1. The summed E-state index contributed by atoms with van der Waals surface area (Å²) in [5, 5.41) is 7.85. The van der Waals surface area contributed by atoms with Crippen LogP contribution in [0.5, 0.6) is 0 Å². The van der Waals surface area contributed by atoms with E-state index in [4.69, 9.17) is 23.2 Å². The smallest absolute Gasteiger partial charge is 0.257 e. The van der Waals surface area contributed by atoms with Gasteiger partial charge in [0.15, 0.2) is 0 Å². The summed E-state index contributed by atoms with van der Waals surface area (Å²) in [4.78, 5) is 12.1. The van der Waals surface area contributed by atoms with Gasteiger partial charge in [-0.15, -0.1) is 0 Å². The highest BCUT2D eigenvalue weighted by molar-refractivity contribution is 6.36. The van der Waals surface area contributed by atoms with E-state index >= 15 is 0 Å². The van der Waals surface area contributed by atoms with E-state index in [1.54, 1.807) is 24.4 Å². The zero-order valence-electron chi connectivity index (χ0n) is 10.6. The zero-order chi connectivity index (χ0) is 14.1. The number of benzene rings is 1. The highest BCUT2D eigenvalue weighted by Gasteiger charge is 2.22. The Morgan fingerprint density at radius 2 is 2.20 bits per heavy atom. The second kappa shape index (κ2) is 5.46. The van der Waals surface area contributed by atoms with Gasteiger partial charge in [-0.3, -0.25) is 9.48 Å². The number of aromatic nitrogens is 2. The number of hydrogen-bond donors (Lipinski definition) is 1. The van der Waals surface area contributed by atoms with E-state index in [9.17, 15) is 4.79 Å². The number of rotatable bonds is 4. The summed E-state index contributed by atoms with van der Waals surface area (Å²) in [6, 6.07) is 4.80. The minimum atomic E-state index is -0.288. The fraction of sp³-hybridized carbons (Fsp3) is 0.286. The van der Waals surface area contributed by atoms with Crippen molar-refractivity contribution >= 4 is 34.8 Å². The monoisotopic (exact) mass is 309 g/mol. The minimum absolute atomic E-state index is 0.288. The SMILES string of the molecule is O=C(Nc1cnn(CC2CC2)c1)c1cc(Cl)ccc1Cl. The summed E-state index contributed by atoms with van der Waals surface area (Å²) in [5.41, 5.74) is 1.01. The van der Waals surface area contributed by atoms with Crippen LogP contribution in [0.1, 0.15) is 23.2 Å². The van der Waals surface area contributed by atoms with Gasteiger partial charge in [-0.05, 0) is 37.0 Å². The van der Waals surface area contributed by atoms with Crippen molar-refractivity contribution in [3.05, 3.63) is 46.2 Å². The number of anilines is 1. The zero-order valence-corrected chi connectivity index (χ0v) is 12.2. The lowest BCUT2D eigenvalue weighted by atomic mass is 10.2. The fourth-order valence-corrected chi connectivity index (χ4v) is 2.34. The van der Waals surface area contributed by atoms with Crippen LogP contribution >= 0.6 is 23.2 Å². The van der Waals surface area contributed by atoms with E-state index in [1.807, 2.05) is 10.9 Å². The van der Waals surface area contributed by atoms with Crippen molar-refractivity contribution in [2.24, 2.45) is 5.92 Å². The summed E-state index contributed by atoms with van der Waals surface area (Å²) in [6.07, 6.45) is 5.99. The van der Waals surface area contributed by atoms with E-state index in [2.05, 4.69) is 10.4 Å². The second-order valence-electron chi connectivity index (χ2n) is 4.97. The van der Waals surface area contributed by atoms with Crippen LogP contribution in [0.4, 0.5) is 5.69 Å². The molecule has 1 aliphatic carbocycles. The fourth-order valence-electron chi connectivity index (χ4n) is 1.96. The largest absolute Gasteiger partial charge is 0.319 e. The summed E-state index contributed by atoms with van der Waals surface area (Å²) in [6.45, 7) is 0.911. The molecule has 0 unspecified atom stereocenters. The Hall–Kier alpha value is -1.52. The van der Waals surface area contributed by atoms with E-state index in [-0.39, 0.29) is 5.91 Å². The third-order valence-electron chi connectivity index (χ3n) is 3.21. The molecule has 0 saturated heterocycles. The van der Waals surface area contributed by atoms with Crippen LogP contribution in [-0.2, 0) is 6.54 Å². The molecule has 0 spiro atoms. The Morgan fingerprint density at radius 3 is 2.95 bits per heavy atom. The van der Waals surface area contributed by atoms with Gasteiger partial charge in [0.1, 0.15) is 0 Å². The Kier molecular flexibility index (Phi) is 3.68. The van der Waals surface area contributed by atoms with E-state index in [0.29, 0.717) is 21.3 Å². The maximum Gasteiger partial charge on any atom is 0.257 e. The normalized spacial score (nSPS) is 14.3. The molecule has 1 aromatic heterocycles. The van der Waals surface area contributed by atoms with Gasteiger partial charge in [0.05, 0.1) is 22.5 Å². The van der Waals surface area contributed by atoms with Crippen molar-refractivity contribution in [2.75, 3.05) is 5.32 Å². The molecule has 4 nitrogen and oxygen atoms in total. The molecule has 1 fully saturated rings. The average molecular weight is 310 g/mol. The lowest BCUT2D eigenvalue weighted by Gasteiger charge is -2.05. The first-order valence-electron chi connectivity index (χ1n) is 6.40. The molecule has 0 bridgehead atoms. The first-order chi connectivity index (χ1) is 9.61. The lowest BCUT2D eigenvalue weighted by molar-refractivity contribution is 0.102. The molecular formula is C14H13Cl2N3O. The van der Waals surface area contributed by atoms with Crippen molar-refractivity contribution < 1.29 is 4.79 Å². The van der Waals surface area contributed by atoms with Gasteiger partial charge >= 0.3 is 0 Å². The average Bonchev–Trinajstić information content (AvgIpc) is 3.12. The van der Waals surface area contributed by atoms with Crippen molar-refractivity contribution in [1.82, 2.24) is 9.78 Å². The molecule has 1 amide bonds. The van der Waals surface area contributed by atoms with Crippen molar-refractivity contribution in [2.45, 2.75) is 19.4 Å². The predicted octanol–water partition coefficient (Wildman–Crippen LogP) is 3.85. The van der Waals surface area contributed by atoms with E-state index in [0.717, 1.165) is 12.5 Å². The maximum absolute atomic E-state index is 12.1. The molecule has 0 atom stereocenters. The first-order valence-corrected chi connectivity index (χ1v) is 7.16. The van der Waals surface area contributed by atoms with Gasteiger partial charge in [0.25, 0.3) is 5.91 Å². The van der Waals surface area contributed by atoms with Gasteiger partial charge in [-0.25, -0.2) is 0 Å². The maximum atomic E-state index is 12.1. The molecule has 1 aliphatic rings. The molecule has 6 heteroatoms. The Bertz CT molecular complexity index is 650. The van der Waals surface area contributed by atoms with Crippen molar-refractivity contribution in [3.8, 4) is 0 Å². The van der Waals surface area contributed by atoms with E-state index < -0.39 is 0 Å². The highest BCUT2D eigenvalue weighted by Crippen LogP contribution is 2.30. The molecule has 1 N–H and O–H groups in total. The molecule has 1 aromatic carbocycles. The topological polar surface area (TPSA) is 46.9 Å². The molecule has 20 heavy (non-hydrogen) atoms. The van der Waals surface area contributed by atoms with Crippen LogP contribution in [0.2, 0.25) is 10.0 Å². The quantitative estimate of drug-likeness (QED) is 0.932. The predicted molar refractivity (Wildman–Crippen MR) is 79.4 cm³/mol. The molecular weight excluding hydrogens is 297 g/mol. The molecule has 104 valence electrons. The van der Waals surface area contributed by atoms with Crippen molar-refractivity contribution in [1.29, 1.82) is 0 Å². The molecule has 0 aliphatic heterocycles. The molecule has 2 aromatic rings. The summed E-state index contributed by atoms with van der Waals surface area (Å²) < 4.78 is 1.85. The Balaban J connectivity index is 1.71. The van der Waals surface area contributed by atoms with Gasteiger partial charge in [-0.2, -0.15) is 5.10 Å². The summed E-state index contributed by atoms with van der Waals surface area (Å²) in [5.74, 6) is 0.448. The third kappa shape index (κ3) is 3.14. The van der Waals surface area contributed by atoms with Crippen LogP contribution in [0.3, 0.4) is 0 Å². The number of halogens is 2. The van der Waals surface area contributed by atoms with Gasteiger partial charge < -0.3 is 5.32 Å². The Morgan fingerprint density at radius 1 is 1.40 bits per heavy atom. The standard InChI is InChI=1S/C14H13Cl2N3O/c15-10-3-4-13(16)12(5-10)14(20)18-11-6-17-19(8-11)7-9-1-2-9/h3-6,8-9H,1-2,7H2,(H,18,20). The number of carbonyl (C=O) groups is 1. The summed E-state index contributed by atoms with van der Waals surface area (Å²) in [7, 11) is 0. The van der Waals surface area contributed by atoms with Crippen LogP contribution in [-0.4, -0.2) is 15.7 Å². The first kappa shape index (κ1) is 13.5. The number of hydrogen-bond acceptors (Lipinski definition) is 2. The number of carbonyl (C=O) groups excluding carboxylic acids is 1. The second-order valence-corrected chi connectivity index (χ2v) is 5.82. The molecule has 3 rings (SSSR count). The van der Waals surface area contributed by atoms with Crippen LogP contribution in [0.25, 0.3) is 0 Å². The molecule has 1 heterocycles. The van der Waals surface area contributed by atoms with Crippen molar-refractivity contribution in [3.63, 3.8) is 0 Å². The highest BCUT2D eigenvalue weighted by atomic mass is 35.5. The number of amides is 1. The van der Waals surface area contributed by atoms with Gasteiger partial charge in [-0.1, -0.05) is 23.2 Å². The molecule has 0 radical (unpaired) electrons. The van der Waals surface area contributed by atoms with Crippen LogP contribution in [0.15, 0.2) is 30.6 Å². The van der Waals surface area contributed by atoms with Crippen LogP contribution < -0.4 is 5.32 Å². The lowest BCUT2D eigenvalue weighted by Crippen LogP contribution is -2.12. The van der Waals surface area contributed by atoms with Crippen LogP contribution in [0, 0.1) is 5.92 Å². The molecule has 1 saturated carbocycles. The van der Waals surface area contributed by atoms with E-state index in [1.165, 1.54) is 12.8 Å². The minimum Gasteiger partial charge on any atom is -0.319 e. The Labute approximate surface area is 126 Å². The van der Waals surface area contributed by atoms with Gasteiger partial charge in [0, 0.05) is 17.8 Å². The van der Waals surface area contributed by atoms with Gasteiger partial charge in [0.2, 0.25) is 0 Å².